The number of aromatic amines is 1. The highest BCUT2D eigenvalue weighted by molar-refractivity contribution is 5.95. The Labute approximate surface area is 129 Å². The molecule has 1 unspecified atom stereocenters. The van der Waals surface area contributed by atoms with Crippen LogP contribution in [0.15, 0.2) is 30.5 Å². The number of nitrogens with one attached hydrogen (secondary N) is 2. The normalized spacial score (nSPS) is 18.4. The number of carbonyl (C=O) groups is 2. The minimum absolute atomic E-state index is 0.000454. The molecule has 5 heteroatoms. The van der Waals surface area contributed by atoms with Crippen molar-refractivity contribution in [3.63, 3.8) is 0 Å². The number of H-pyrrole nitrogens is 1. The molecular formula is C17H21N3O2. The van der Waals surface area contributed by atoms with Crippen molar-refractivity contribution in [2.24, 2.45) is 5.92 Å². The Morgan fingerprint density at radius 3 is 3.05 bits per heavy atom. The Morgan fingerprint density at radius 2 is 2.23 bits per heavy atom. The Hall–Kier alpha value is -2.30. The van der Waals surface area contributed by atoms with Gasteiger partial charge in [0.1, 0.15) is 0 Å². The van der Waals surface area contributed by atoms with Gasteiger partial charge in [0.2, 0.25) is 11.8 Å². The van der Waals surface area contributed by atoms with Gasteiger partial charge in [-0.25, -0.2) is 0 Å². The van der Waals surface area contributed by atoms with E-state index in [4.69, 9.17) is 0 Å². The van der Waals surface area contributed by atoms with E-state index in [1.54, 1.807) is 0 Å². The van der Waals surface area contributed by atoms with Crippen molar-refractivity contribution < 1.29 is 9.59 Å². The Morgan fingerprint density at radius 1 is 1.36 bits per heavy atom. The van der Waals surface area contributed by atoms with Crippen LogP contribution >= 0.6 is 0 Å². The van der Waals surface area contributed by atoms with E-state index in [9.17, 15) is 9.59 Å². The number of anilines is 1. The fourth-order valence-corrected chi connectivity index (χ4v) is 3.01. The molecule has 1 aliphatic heterocycles. The van der Waals surface area contributed by atoms with Crippen molar-refractivity contribution in [2.75, 3.05) is 18.4 Å². The summed E-state index contributed by atoms with van der Waals surface area (Å²) in [5.41, 5.74) is 1.79. The maximum Gasteiger partial charge on any atom is 0.229 e. The summed E-state index contributed by atoms with van der Waals surface area (Å²) in [7, 11) is 0. The highest BCUT2D eigenvalue weighted by atomic mass is 16.2. The SMILES string of the molecule is CCC(=O)N1CCCC(C(=O)Nc2ccc3cc[nH]c3c2)C1. The number of piperidine rings is 1. The highest BCUT2D eigenvalue weighted by Crippen LogP contribution is 2.21. The van der Waals surface area contributed by atoms with Crippen LogP contribution in [0.25, 0.3) is 10.9 Å². The summed E-state index contributed by atoms with van der Waals surface area (Å²) in [6.07, 6.45) is 4.10. The standard InChI is InChI=1S/C17H21N3O2/c1-2-16(21)20-9-3-4-13(11-20)17(22)19-14-6-5-12-7-8-18-15(12)10-14/h5-8,10,13,18H,2-4,9,11H2,1H3,(H,19,22). The topological polar surface area (TPSA) is 65.2 Å². The van der Waals surface area contributed by atoms with Crippen molar-refractivity contribution >= 4 is 28.4 Å². The van der Waals surface area contributed by atoms with Crippen molar-refractivity contribution in [2.45, 2.75) is 26.2 Å². The van der Waals surface area contributed by atoms with Crippen LogP contribution < -0.4 is 5.32 Å². The molecule has 1 aromatic heterocycles. The van der Waals surface area contributed by atoms with Crippen molar-refractivity contribution in [1.29, 1.82) is 0 Å². The van der Waals surface area contributed by atoms with Gasteiger partial charge in [0, 0.05) is 36.9 Å². The first-order chi connectivity index (χ1) is 10.7. The second-order valence-corrected chi connectivity index (χ2v) is 5.80. The second kappa shape index (κ2) is 6.22. The van der Waals surface area contributed by atoms with Gasteiger partial charge in [-0.3, -0.25) is 9.59 Å². The molecule has 1 fully saturated rings. The minimum atomic E-state index is -0.122. The monoisotopic (exact) mass is 299 g/mol. The summed E-state index contributed by atoms with van der Waals surface area (Å²) in [5.74, 6) is 0.00778. The number of nitrogens with zero attached hydrogens (tertiary/aromatic N) is 1. The molecule has 2 amide bonds. The summed E-state index contributed by atoms with van der Waals surface area (Å²) < 4.78 is 0. The lowest BCUT2D eigenvalue weighted by Gasteiger charge is -2.31. The molecule has 1 atom stereocenters. The summed E-state index contributed by atoms with van der Waals surface area (Å²) >= 11 is 0. The Kier molecular flexibility index (Phi) is 4.13. The van der Waals surface area contributed by atoms with Crippen molar-refractivity contribution in [3.8, 4) is 0 Å². The minimum Gasteiger partial charge on any atom is -0.361 e. The van der Waals surface area contributed by atoms with E-state index < -0.39 is 0 Å². The first-order valence-corrected chi connectivity index (χ1v) is 7.83. The lowest BCUT2D eigenvalue weighted by Crippen LogP contribution is -2.43. The molecule has 0 aliphatic carbocycles. The summed E-state index contributed by atoms with van der Waals surface area (Å²) in [4.78, 5) is 29.2. The van der Waals surface area contributed by atoms with E-state index in [0.29, 0.717) is 13.0 Å². The highest BCUT2D eigenvalue weighted by Gasteiger charge is 2.27. The molecule has 2 heterocycles. The molecule has 3 rings (SSSR count). The quantitative estimate of drug-likeness (QED) is 0.915. The zero-order valence-corrected chi connectivity index (χ0v) is 12.8. The van der Waals surface area contributed by atoms with E-state index in [2.05, 4.69) is 10.3 Å². The van der Waals surface area contributed by atoms with Crippen LogP contribution in [0.5, 0.6) is 0 Å². The molecule has 5 nitrogen and oxygen atoms in total. The molecule has 1 aromatic carbocycles. The Bertz CT molecular complexity index is 692. The summed E-state index contributed by atoms with van der Waals surface area (Å²) in [6.45, 7) is 3.16. The molecule has 1 saturated heterocycles. The molecule has 1 aliphatic rings. The summed E-state index contributed by atoms with van der Waals surface area (Å²) in [5, 5.41) is 4.09. The van der Waals surface area contributed by atoms with E-state index >= 15 is 0 Å². The van der Waals surface area contributed by atoms with Crippen LogP contribution in [-0.4, -0.2) is 34.8 Å². The Balaban J connectivity index is 1.66. The van der Waals surface area contributed by atoms with Gasteiger partial charge >= 0.3 is 0 Å². The number of benzene rings is 1. The average molecular weight is 299 g/mol. The van der Waals surface area contributed by atoms with Crippen LogP contribution in [0, 0.1) is 5.92 Å². The predicted octanol–water partition coefficient (Wildman–Crippen LogP) is 2.76. The molecule has 0 spiro atoms. The van der Waals surface area contributed by atoms with Gasteiger partial charge < -0.3 is 15.2 Å². The first-order valence-electron chi connectivity index (χ1n) is 7.83. The predicted molar refractivity (Wildman–Crippen MR) is 86.5 cm³/mol. The molecule has 0 bridgehead atoms. The smallest absolute Gasteiger partial charge is 0.229 e. The zero-order chi connectivity index (χ0) is 15.5. The third-order valence-electron chi connectivity index (χ3n) is 4.27. The number of rotatable bonds is 3. The molecule has 0 saturated carbocycles. The van der Waals surface area contributed by atoms with Crippen LogP contribution in [0.1, 0.15) is 26.2 Å². The second-order valence-electron chi connectivity index (χ2n) is 5.80. The summed E-state index contributed by atoms with van der Waals surface area (Å²) in [6, 6.07) is 7.82. The van der Waals surface area contributed by atoms with Gasteiger partial charge in [-0.15, -0.1) is 0 Å². The van der Waals surface area contributed by atoms with E-state index in [1.807, 2.05) is 42.3 Å². The third-order valence-corrected chi connectivity index (χ3v) is 4.27. The molecule has 0 radical (unpaired) electrons. The van der Waals surface area contributed by atoms with E-state index in [-0.39, 0.29) is 17.7 Å². The van der Waals surface area contributed by atoms with Crippen molar-refractivity contribution in [3.05, 3.63) is 30.5 Å². The van der Waals surface area contributed by atoms with E-state index in [1.165, 1.54) is 0 Å². The van der Waals surface area contributed by atoms with Gasteiger partial charge in [0.15, 0.2) is 0 Å². The average Bonchev–Trinajstić information content (AvgIpc) is 3.02. The van der Waals surface area contributed by atoms with Gasteiger partial charge in [-0.1, -0.05) is 13.0 Å². The molecular weight excluding hydrogens is 278 g/mol. The number of fused-ring (bicyclic) bond motifs is 1. The molecule has 2 N–H and O–H groups in total. The van der Waals surface area contributed by atoms with Gasteiger partial charge in [-0.05, 0) is 36.4 Å². The van der Waals surface area contributed by atoms with Gasteiger partial charge in [-0.2, -0.15) is 0 Å². The number of likely N-dealkylation sites (tertiary alicyclic amines) is 1. The lowest BCUT2D eigenvalue weighted by molar-refractivity contribution is -0.134. The number of carbonyl (C=O) groups excluding carboxylic acids is 2. The number of hydrogen-bond donors (Lipinski definition) is 2. The molecule has 22 heavy (non-hydrogen) atoms. The maximum atomic E-state index is 12.4. The largest absolute Gasteiger partial charge is 0.361 e. The van der Waals surface area contributed by atoms with Crippen molar-refractivity contribution in [1.82, 2.24) is 9.88 Å². The van der Waals surface area contributed by atoms with Crippen LogP contribution in [-0.2, 0) is 9.59 Å². The van der Waals surface area contributed by atoms with E-state index in [0.717, 1.165) is 36.0 Å². The molecule has 116 valence electrons. The maximum absolute atomic E-state index is 12.4. The fourth-order valence-electron chi connectivity index (χ4n) is 3.01. The number of aromatic nitrogens is 1. The van der Waals surface area contributed by atoms with Gasteiger partial charge in [0.05, 0.1) is 5.92 Å². The first kappa shape index (κ1) is 14.6. The third kappa shape index (κ3) is 2.98. The zero-order valence-electron chi connectivity index (χ0n) is 12.8. The lowest BCUT2D eigenvalue weighted by atomic mass is 9.96. The number of hydrogen-bond acceptors (Lipinski definition) is 2. The fraction of sp³-hybridized carbons (Fsp3) is 0.412. The molecule has 2 aromatic rings. The van der Waals surface area contributed by atoms with Crippen LogP contribution in [0.3, 0.4) is 0 Å². The van der Waals surface area contributed by atoms with Crippen LogP contribution in [0.2, 0.25) is 0 Å². The van der Waals surface area contributed by atoms with Gasteiger partial charge in [0.25, 0.3) is 0 Å². The number of amides is 2. The van der Waals surface area contributed by atoms with Crippen LogP contribution in [0.4, 0.5) is 5.69 Å².